The Morgan fingerprint density at radius 3 is 2.42 bits per heavy atom. The van der Waals surface area contributed by atoms with Crippen molar-refractivity contribution in [2.45, 2.75) is 30.4 Å². The predicted octanol–water partition coefficient (Wildman–Crippen LogP) is 4.14. The molecule has 0 aromatic heterocycles. The molecule has 2 N–H and O–H groups in total. The van der Waals surface area contributed by atoms with Gasteiger partial charge in [0.15, 0.2) is 0 Å². The first-order chi connectivity index (χ1) is 18.2. The van der Waals surface area contributed by atoms with Gasteiger partial charge in [0.2, 0.25) is 15.9 Å². The lowest BCUT2D eigenvalue weighted by molar-refractivity contribution is 0.307. The van der Waals surface area contributed by atoms with E-state index in [1.54, 1.807) is 48.5 Å². The molecule has 0 spiro atoms. The predicted molar refractivity (Wildman–Crippen MR) is 145 cm³/mol. The first-order valence-corrected chi connectivity index (χ1v) is 14.9. The number of aliphatic hydroxyl groups excluding tert-OH is 1. The van der Waals surface area contributed by atoms with Crippen molar-refractivity contribution in [3.63, 3.8) is 0 Å². The number of anilines is 1. The van der Waals surface area contributed by atoms with Crippen LogP contribution in [0.1, 0.15) is 24.0 Å². The molecule has 198 valence electrons. The maximum absolute atomic E-state index is 13.2. The highest BCUT2D eigenvalue weighted by molar-refractivity contribution is 7.91. The summed E-state index contributed by atoms with van der Waals surface area (Å²) in [6.45, 7) is 0.635. The molecule has 38 heavy (non-hydrogen) atoms. The van der Waals surface area contributed by atoms with E-state index < -0.39 is 26.1 Å². The summed E-state index contributed by atoms with van der Waals surface area (Å²) in [4.78, 5) is 0.262. The zero-order valence-electron chi connectivity index (χ0n) is 20.3. The number of nitrogens with zero attached hydrogens (tertiary/aromatic N) is 2. The summed E-state index contributed by atoms with van der Waals surface area (Å²) in [5.74, 6) is -0.212. The minimum absolute atomic E-state index is 0.198. The van der Waals surface area contributed by atoms with Crippen LogP contribution in [0, 0.1) is 0 Å². The third kappa shape index (κ3) is 5.40. The van der Waals surface area contributed by atoms with E-state index in [1.165, 1.54) is 4.31 Å². The minimum atomic E-state index is -4.01. The van der Waals surface area contributed by atoms with Crippen LogP contribution in [0.4, 0.5) is 5.69 Å². The van der Waals surface area contributed by atoms with E-state index >= 15 is 0 Å². The van der Waals surface area contributed by atoms with Gasteiger partial charge in [0.1, 0.15) is 18.0 Å². The number of hydrogen-bond donors (Lipinski definition) is 2. The topological polar surface area (TPSA) is 116 Å². The number of ether oxygens (including phenoxy) is 1. The van der Waals surface area contributed by atoms with Gasteiger partial charge in [-0.05, 0) is 48.2 Å². The van der Waals surface area contributed by atoms with Crippen molar-refractivity contribution in [2.75, 3.05) is 10.8 Å². The van der Waals surface area contributed by atoms with Gasteiger partial charge in [0, 0.05) is 12.6 Å². The molecule has 2 heterocycles. The van der Waals surface area contributed by atoms with E-state index in [1.807, 2.05) is 47.2 Å². The van der Waals surface area contributed by atoms with Gasteiger partial charge in [0.25, 0.3) is 0 Å². The number of rotatable bonds is 8. The monoisotopic (exact) mass is 553 g/mol. The lowest BCUT2D eigenvalue weighted by Gasteiger charge is -2.22. The highest BCUT2D eigenvalue weighted by Gasteiger charge is 2.34. The third-order valence-corrected chi connectivity index (χ3v) is 9.53. The molecule has 3 aromatic rings. The molecule has 1 atom stereocenters. The number of nitrogens with one attached hydrogen (secondary N) is 1. The van der Waals surface area contributed by atoms with Crippen molar-refractivity contribution in [2.24, 2.45) is 0 Å². The van der Waals surface area contributed by atoms with E-state index in [0.717, 1.165) is 22.5 Å². The van der Waals surface area contributed by atoms with Crippen LogP contribution in [0.15, 0.2) is 102 Å². The molecule has 1 unspecified atom stereocenters. The molecule has 0 bridgehead atoms. The van der Waals surface area contributed by atoms with E-state index in [9.17, 15) is 21.9 Å². The molecule has 1 fully saturated rings. The van der Waals surface area contributed by atoms with Gasteiger partial charge < -0.3 is 9.84 Å². The number of sulfonamides is 1. The van der Waals surface area contributed by atoms with Gasteiger partial charge in [-0.3, -0.25) is 0 Å². The molecule has 11 heteroatoms. The molecule has 5 rings (SSSR count). The SMILES string of the molecule is O=S1(=O)NC(O)=CN1c1ccc(C=CC2CCCN2S(=O)(=O)c2ccccc2)cc1OCc1ccccc1. The average Bonchev–Trinajstić information content (AvgIpc) is 3.50. The maximum Gasteiger partial charge on any atom is 0.330 e. The van der Waals surface area contributed by atoms with Crippen molar-refractivity contribution >= 4 is 32.0 Å². The summed E-state index contributed by atoms with van der Waals surface area (Å²) in [5.41, 5.74) is 1.83. The Morgan fingerprint density at radius 1 is 1.03 bits per heavy atom. The molecule has 0 radical (unpaired) electrons. The van der Waals surface area contributed by atoms with Crippen LogP contribution in [0.25, 0.3) is 6.08 Å². The number of hydrogen-bond acceptors (Lipinski definition) is 6. The van der Waals surface area contributed by atoms with E-state index in [-0.39, 0.29) is 29.0 Å². The second-order valence-electron chi connectivity index (χ2n) is 8.92. The summed E-state index contributed by atoms with van der Waals surface area (Å²) < 4.78 is 61.9. The van der Waals surface area contributed by atoms with Crippen molar-refractivity contribution in [1.29, 1.82) is 0 Å². The Bertz CT molecular complexity index is 1570. The smallest absolute Gasteiger partial charge is 0.330 e. The van der Waals surface area contributed by atoms with Gasteiger partial charge >= 0.3 is 10.2 Å². The summed E-state index contributed by atoms with van der Waals surface area (Å²) in [7, 11) is -7.64. The quantitative estimate of drug-likeness (QED) is 0.433. The largest absolute Gasteiger partial charge is 0.493 e. The standard InChI is InChI=1S/C27H27N3O6S2/c31-27-19-30(38(34,35)28-27)25-16-14-21(18-26(25)36-20-22-8-3-1-4-9-22)13-15-23-10-7-17-29(23)37(32,33)24-11-5-2-6-12-24/h1-6,8-9,11-16,18-19,23,28,31H,7,10,17,20H2. The number of benzene rings is 3. The van der Waals surface area contributed by atoms with Crippen molar-refractivity contribution in [1.82, 2.24) is 9.03 Å². The molecule has 0 saturated carbocycles. The van der Waals surface area contributed by atoms with E-state index in [0.29, 0.717) is 18.5 Å². The molecule has 3 aromatic carbocycles. The van der Waals surface area contributed by atoms with Gasteiger partial charge in [-0.25, -0.2) is 17.4 Å². The molecular formula is C27H27N3O6S2. The van der Waals surface area contributed by atoms with Crippen molar-refractivity contribution in [3.05, 3.63) is 108 Å². The van der Waals surface area contributed by atoms with Crippen LogP contribution in [0.2, 0.25) is 0 Å². The molecule has 2 aliphatic rings. The third-order valence-electron chi connectivity index (χ3n) is 6.30. The Kier molecular flexibility index (Phi) is 7.15. The van der Waals surface area contributed by atoms with Gasteiger partial charge in [-0.2, -0.15) is 12.7 Å². The highest BCUT2D eigenvalue weighted by Crippen LogP contribution is 2.35. The summed E-state index contributed by atoms with van der Waals surface area (Å²) >= 11 is 0. The van der Waals surface area contributed by atoms with Crippen LogP contribution in [0.3, 0.4) is 0 Å². The lowest BCUT2D eigenvalue weighted by atomic mass is 10.1. The second-order valence-corrected chi connectivity index (χ2v) is 12.4. The maximum atomic E-state index is 13.2. The molecule has 9 nitrogen and oxygen atoms in total. The normalized spacial score (nSPS) is 19.4. The number of aliphatic hydroxyl groups is 1. The van der Waals surface area contributed by atoms with Crippen LogP contribution >= 0.6 is 0 Å². The van der Waals surface area contributed by atoms with Gasteiger partial charge in [0.05, 0.1) is 11.1 Å². The highest BCUT2D eigenvalue weighted by atomic mass is 32.2. The lowest BCUT2D eigenvalue weighted by Crippen LogP contribution is -2.34. The minimum Gasteiger partial charge on any atom is -0.493 e. The molecule has 1 saturated heterocycles. The van der Waals surface area contributed by atoms with Crippen LogP contribution < -0.4 is 13.8 Å². The summed E-state index contributed by atoms with van der Waals surface area (Å²) in [5, 5.41) is 9.75. The molecular weight excluding hydrogens is 526 g/mol. The van der Waals surface area contributed by atoms with Crippen LogP contribution in [-0.4, -0.2) is 38.8 Å². The second kappa shape index (κ2) is 10.5. The van der Waals surface area contributed by atoms with Crippen LogP contribution in [0.5, 0.6) is 5.75 Å². The summed E-state index contributed by atoms with van der Waals surface area (Å²) in [6, 6.07) is 22.5. The van der Waals surface area contributed by atoms with Gasteiger partial charge in [-0.15, -0.1) is 0 Å². The zero-order chi connectivity index (χ0) is 26.8. The fourth-order valence-corrected chi connectivity index (χ4v) is 7.20. The average molecular weight is 554 g/mol. The van der Waals surface area contributed by atoms with Crippen molar-refractivity contribution < 1.29 is 26.7 Å². The van der Waals surface area contributed by atoms with E-state index in [2.05, 4.69) is 0 Å². The molecule has 2 aliphatic heterocycles. The Balaban J connectivity index is 1.43. The fourth-order valence-electron chi connectivity index (χ4n) is 4.46. The molecule has 0 aliphatic carbocycles. The molecule has 0 amide bonds. The Hall–Kier alpha value is -3.80. The van der Waals surface area contributed by atoms with E-state index in [4.69, 9.17) is 4.74 Å². The summed E-state index contributed by atoms with van der Waals surface area (Å²) in [6.07, 6.45) is 6.18. The van der Waals surface area contributed by atoms with Crippen LogP contribution in [-0.2, 0) is 26.8 Å². The van der Waals surface area contributed by atoms with Gasteiger partial charge in [-0.1, -0.05) is 66.7 Å². The zero-order valence-corrected chi connectivity index (χ0v) is 22.0. The van der Waals surface area contributed by atoms with Crippen molar-refractivity contribution in [3.8, 4) is 5.75 Å². The first-order valence-electron chi connectivity index (χ1n) is 12.0. The fraction of sp³-hybridized carbons (Fsp3) is 0.185. The Morgan fingerprint density at radius 2 is 1.74 bits per heavy atom. The first kappa shape index (κ1) is 25.8. The Labute approximate surface area is 222 Å².